The van der Waals surface area contributed by atoms with Gasteiger partial charge in [-0.2, -0.15) is 0 Å². The lowest BCUT2D eigenvalue weighted by Crippen LogP contribution is -2.57. The zero-order valence-electron chi connectivity index (χ0n) is 23.0. The lowest BCUT2D eigenvalue weighted by atomic mass is 9.98. The number of benzene rings is 2. The highest BCUT2D eigenvalue weighted by Crippen LogP contribution is 2.21. The van der Waals surface area contributed by atoms with Crippen LogP contribution in [-0.4, -0.2) is 82.4 Å². The minimum atomic E-state index is -1.65. The van der Waals surface area contributed by atoms with Gasteiger partial charge in [0.2, 0.25) is 5.91 Å². The molecule has 10 heteroatoms. The Morgan fingerprint density at radius 3 is 2.60 bits per heavy atom. The maximum atomic E-state index is 13.8. The summed E-state index contributed by atoms with van der Waals surface area (Å²) in [4.78, 5) is 41.5. The lowest BCUT2D eigenvalue weighted by molar-refractivity contribution is -0.145. The quantitative estimate of drug-likeness (QED) is 0.203. The second-order valence-corrected chi connectivity index (χ2v) is 11.0. The van der Waals surface area contributed by atoms with E-state index in [0.717, 1.165) is 12.0 Å². The van der Waals surface area contributed by atoms with Crippen LogP contribution in [-0.2, 0) is 20.7 Å². The van der Waals surface area contributed by atoms with E-state index in [4.69, 9.17) is 4.74 Å². The molecule has 0 bridgehead atoms. The molecule has 2 aromatic carbocycles. The van der Waals surface area contributed by atoms with Gasteiger partial charge in [-0.05, 0) is 43.2 Å². The average molecular weight is 570 g/mol. The molecule has 1 heterocycles. The van der Waals surface area contributed by atoms with E-state index in [9.17, 15) is 24.6 Å². The van der Waals surface area contributed by atoms with Crippen molar-refractivity contribution in [1.29, 1.82) is 0 Å². The van der Waals surface area contributed by atoms with Crippen molar-refractivity contribution in [3.63, 3.8) is 0 Å². The van der Waals surface area contributed by atoms with Crippen molar-refractivity contribution in [3.05, 3.63) is 77.9 Å². The van der Waals surface area contributed by atoms with Crippen molar-refractivity contribution in [3.8, 4) is 5.75 Å². The summed E-state index contributed by atoms with van der Waals surface area (Å²) in [5, 5.41) is 27.2. The lowest BCUT2D eigenvalue weighted by Gasteiger charge is -2.33. The fraction of sp³-hybridized carbons (Fsp3) is 0.433. The summed E-state index contributed by atoms with van der Waals surface area (Å²) >= 11 is 1.43. The topological polar surface area (TPSA) is 128 Å². The van der Waals surface area contributed by atoms with Gasteiger partial charge in [0, 0.05) is 30.2 Å². The third-order valence-electron chi connectivity index (χ3n) is 6.93. The Balaban J connectivity index is 1.84. The molecule has 0 aromatic heterocycles. The second kappa shape index (κ2) is 15.4. The van der Waals surface area contributed by atoms with Gasteiger partial charge in [-0.3, -0.25) is 14.4 Å². The minimum Gasteiger partial charge on any atom is -0.508 e. The van der Waals surface area contributed by atoms with Crippen LogP contribution in [0.2, 0.25) is 0 Å². The fourth-order valence-corrected chi connectivity index (χ4v) is 5.17. The van der Waals surface area contributed by atoms with Crippen LogP contribution in [0.3, 0.4) is 0 Å². The summed E-state index contributed by atoms with van der Waals surface area (Å²) in [6, 6.07) is 11.8. The third kappa shape index (κ3) is 8.33. The largest absolute Gasteiger partial charge is 0.508 e. The van der Waals surface area contributed by atoms with Gasteiger partial charge in [0.1, 0.15) is 11.8 Å². The number of hydrogen-bond acceptors (Lipinski definition) is 7. The summed E-state index contributed by atoms with van der Waals surface area (Å²) in [6.07, 6.45) is 0.754. The summed E-state index contributed by atoms with van der Waals surface area (Å²) in [6.45, 7) is 8.99. The molecule has 4 N–H and O–H groups in total. The molecule has 2 aromatic rings. The number of phenolic OH excluding ortho intramolecular Hbond substituents is 1. The first-order valence-electron chi connectivity index (χ1n) is 13.4. The van der Waals surface area contributed by atoms with Crippen LogP contribution < -0.4 is 10.6 Å². The highest BCUT2D eigenvalue weighted by molar-refractivity contribution is 7.99. The van der Waals surface area contributed by atoms with E-state index in [1.165, 1.54) is 28.8 Å². The predicted molar refractivity (Wildman–Crippen MR) is 156 cm³/mol. The molecule has 1 saturated heterocycles. The van der Waals surface area contributed by atoms with Crippen molar-refractivity contribution in [2.45, 2.75) is 44.9 Å². The number of carbonyl (C=O) groups is 3. The minimum absolute atomic E-state index is 0.0318. The van der Waals surface area contributed by atoms with Gasteiger partial charge in [-0.1, -0.05) is 49.4 Å². The van der Waals surface area contributed by atoms with Gasteiger partial charge in [-0.15, -0.1) is 18.3 Å². The van der Waals surface area contributed by atoms with Gasteiger partial charge in [0.25, 0.3) is 11.8 Å². The normalized spacial score (nSPS) is 16.9. The number of nitrogens with zero attached hydrogens (tertiary/aromatic N) is 1. The highest BCUT2D eigenvalue weighted by atomic mass is 32.2. The zero-order valence-corrected chi connectivity index (χ0v) is 23.9. The number of carbonyl (C=O) groups excluding carboxylic acids is 3. The van der Waals surface area contributed by atoms with Crippen LogP contribution in [0.25, 0.3) is 0 Å². The van der Waals surface area contributed by atoms with Crippen LogP contribution in [0.5, 0.6) is 5.75 Å². The molecular formula is C30H39N3O6S. The summed E-state index contributed by atoms with van der Waals surface area (Å²) in [7, 11) is 0. The molecule has 40 heavy (non-hydrogen) atoms. The number of aliphatic hydroxyl groups excluding tert-OH is 1. The van der Waals surface area contributed by atoms with Crippen molar-refractivity contribution >= 4 is 29.5 Å². The monoisotopic (exact) mass is 569 g/mol. The van der Waals surface area contributed by atoms with E-state index >= 15 is 0 Å². The van der Waals surface area contributed by atoms with E-state index in [1.807, 2.05) is 37.3 Å². The Labute approximate surface area is 240 Å². The van der Waals surface area contributed by atoms with Crippen molar-refractivity contribution in [2.24, 2.45) is 5.92 Å². The van der Waals surface area contributed by atoms with Crippen molar-refractivity contribution in [1.82, 2.24) is 15.5 Å². The number of aromatic hydroxyl groups is 1. The van der Waals surface area contributed by atoms with Gasteiger partial charge >= 0.3 is 0 Å². The smallest absolute Gasteiger partial charge is 0.255 e. The maximum absolute atomic E-state index is 13.8. The van der Waals surface area contributed by atoms with Crippen molar-refractivity contribution in [2.75, 3.05) is 31.4 Å². The standard InChI is InChI=1S/C30H39N3O6S/c1-4-25(29(37)31-17-22-14-15-39-18-22)33(19-40-5-2)30(38)27(35)24(16-21-10-7-6-8-11-21)32-28(36)23-12-9-13-26(34)20(23)3/h4,6-13,22,24-25,27,34-35H,1,5,14-19H2,2-3H3,(H,31,37)(H,32,36)/t22?,24-,25-,27-/m0/s1. The first-order valence-corrected chi connectivity index (χ1v) is 14.6. The SMILES string of the molecule is C=C[C@@H](C(=O)NCC1CCOC1)N(CSCC)C(=O)[C@@H](O)[C@H](Cc1ccccc1)NC(=O)c1cccc(O)c1C. The number of phenols is 1. The third-order valence-corrected chi connectivity index (χ3v) is 7.80. The molecule has 0 radical (unpaired) electrons. The molecule has 1 fully saturated rings. The zero-order chi connectivity index (χ0) is 29.1. The fourth-order valence-electron chi connectivity index (χ4n) is 4.51. The van der Waals surface area contributed by atoms with Crippen LogP contribution in [0, 0.1) is 12.8 Å². The van der Waals surface area contributed by atoms with E-state index in [0.29, 0.717) is 31.1 Å². The summed E-state index contributed by atoms with van der Waals surface area (Å²) in [5.41, 5.74) is 1.42. The van der Waals surface area contributed by atoms with E-state index in [1.54, 1.807) is 19.1 Å². The number of aliphatic hydroxyl groups is 1. The predicted octanol–water partition coefficient (Wildman–Crippen LogP) is 2.65. The van der Waals surface area contributed by atoms with Gasteiger partial charge in [-0.25, -0.2) is 0 Å². The van der Waals surface area contributed by atoms with Gasteiger partial charge in [0.05, 0.1) is 18.5 Å². The summed E-state index contributed by atoms with van der Waals surface area (Å²) in [5.74, 6) is -0.604. The average Bonchev–Trinajstić information content (AvgIpc) is 3.48. The van der Waals surface area contributed by atoms with Crippen molar-refractivity contribution < 1.29 is 29.3 Å². The van der Waals surface area contributed by atoms with E-state index < -0.39 is 35.9 Å². The number of hydrogen-bond donors (Lipinski definition) is 4. The number of rotatable bonds is 14. The molecule has 4 atom stereocenters. The Morgan fingerprint density at radius 2 is 1.95 bits per heavy atom. The number of thioether (sulfide) groups is 1. The van der Waals surface area contributed by atoms with E-state index in [2.05, 4.69) is 17.2 Å². The number of ether oxygens (including phenoxy) is 1. The van der Waals surface area contributed by atoms with Crippen LogP contribution in [0.1, 0.15) is 34.8 Å². The number of amides is 3. The molecule has 216 valence electrons. The molecule has 1 aliphatic rings. The molecule has 0 aliphatic carbocycles. The van der Waals surface area contributed by atoms with Gasteiger partial charge < -0.3 is 30.5 Å². The Kier molecular flexibility index (Phi) is 12.0. The first kappa shape index (κ1) is 31.2. The Hall–Kier alpha value is -3.34. The Morgan fingerprint density at radius 1 is 1.20 bits per heavy atom. The van der Waals surface area contributed by atoms with Crippen LogP contribution >= 0.6 is 11.8 Å². The maximum Gasteiger partial charge on any atom is 0.255 e. The molecule has 0 spiro atoms. The highest BCUT2D eigenvalue weighted by Gasteiger charge is 2.36. The van der Waals surface area contributed by atoms with Crippen LogP contribution in [0.4, 0.5) is 0 Å². The Bertz CT molecular complexity index is 1160. The number of nitrogens with one attached hydrogen (secondary N) is 2. The molecule has 1 unspecified atom stereocenters. The molecule has 1 aliphatic heterocycles. The molecule has 3 rings (SSSR count). The second-order valence-electron chi connectivity index (χ2n) is 9.75. The van der Waals surface area contributed by atoms with E-state index in [-0.39, 0.29) is 29.5 Å². The molecule has 0 saturated carbocycles. The molecule has 3 amide bonds. The van der Waals surface area contributed by atoms with Crippen LogP contribution in [0.15, 0.2) is 61.2 Å². The van der Waals surface area contributed by atoms with Gasteiger partial charge in [0.15, 0.2) is 6.10 Å². The summed E-state index contributed by atoms with van der Waals surface area (Å²) < 4.78 is 5.38. The first-order chi connectivity index (χ1) is 19.3. The molecular weight excluding hydrogens is 530 g/mol. The molecule has 9 nitrogen and oxygen atoms in total.